The fraction of sp³-hybridized carbons (Fsp3) is 0.0952. The van der Waals surface area contributed by atoms with E-state index in [1.807, 2.05) is 47.2 Å². The van der Waals surface area contributed by atoms with E-state index in [0.29, 0.717) is 0 Å². The van der Waals surface area contributed by atoms with Gasteiger partial charge in [-0.05, 0) is 51.7 Å². The molecule has 0 aliphatic carbocycles. The molecule has 1 amide bonds. The highest BCUT2D eigenvalue weighted by atomic mass is 32.1. The average molecular weight is 385 g/mol. The van der Waals surface area contributed by atoms with Crippen LogP contribution in [-0.2, 0) is 4.79 Å². The van der Waals surface area contributed by atoms with Gasteiger partial charge in [0.15, 0.2) is 0 Å². The van der Waals surface area contributed by atoms with E-state index in [2.05, 4.69) is 10.1 Å². The molecule has 0 spiro atoms. The van der Waals surface area contributed by atoms with Crippen LogP contribution in [0.25, 0.3) is 6.08 Å². The Bertz CT molecular complexity index is 878. The number of hydrogen-bond acceptors (Lipinski definition) is 3. The van der Waals surface area contributed by atoms with Gasteiger partial charge in [-0.15, -0.1) is 0 Å². The minimum atomic E-state index is -2.87. The van der Waals surface area contributed by atoms with Gasteiger partial charge < -0.3 is 10.1 Å². The lowest BCUT2D eigenvalue weighted by Gasteiger charge is -2.19. The van der Waals surface area contributed by atoms with Crippen LogP contribution >= 0.6 is 11.3 Å². The molecular weight excluding hydrogens is 368 g/mol. The molecule has 6 heteroatoms. The first-order chi connectivity index (χ1) is 13.1. The van der Waals surface area contributed by atoms with Crippen molar-refractivity contribution < 1.29 is 18.3 Å². The summed E-state index contributed by atoms with van der Waals surface area (Å²) in [4.78, 5) is 12.4. The summed E-state index contributed by atoms with van der Waals surface area (Å²) in [7, 11) is 0. The number of rotatable bonds is 7. The van der Waals surface area contributed by atoms with Crippen molar-refractivity contribution in [3.8, 4) is 5.75 Å². The third-order valence-corrected chi connectivity index (χ3v) is 4.53. The van der Waals surface area contributed by atoms with E-state index in [9.17, 15) is 13.6 Å². The Hall–Kier alpha value is -2.99. The van der Waals surface area contributed by atoms with Crippen LogP contribution in [-0.4, -0.2) is 12.5 Å². The molecule has 0 radical (unpaired) electrons. The van der Waals surface area contributed by atoms with E-state index in [4.69, 9.17) is 0 Å². The summed E-state index contributed by atoms with van der Waals surface area (Å²) in [5.41, 5.74) is 2.61. The number of ether oxygens (including phenoxy) is 1. The summed E-state index contributed by atoms with van der Waals surface area (Å²) >= 11 is 1.56. The van der Waals surface area contributed by atoms with Crippen LogP contribution in [0.3, 0.4) is 0 Å². The summed E-state index contributed by atoms with van der Waals surface area (Å²) in [5, 5.41) is 6.84. The monoisotopic (exact) mass is 385 g/mol. The predicted octanol–water partition coefficient (Wildman–Crippen LogP) is 5.27. The Morgan fingerprint density at radius 2 is 1.70 bits per heavy atom. The number of amides is 1. The first kappa shape index (κ1) is 18.8. The van der Waals surface area contributed by atoms with Crippen LogP contribution in [0.1, 0.15) is 22.7 Å². The van der Waals surface area contributed by atoms with Crippen molar-refractivity contribution in [2.24, 2.45) is 0 Å². The van der Waals surface area contributed by atoms with Crippen LogP contribution in [0.4, 0.5) is 8.78 Å². The lowest BCUT2D eigenvalue weighted by atomic mass is 9.98. The third-order valence-electron chi connectivity index (χ3n) is 3.83. The van der Waals surface area contributed by atoms with Gasteiger partial charge in [0, 0.05) is 6.08 Å². The fourth-order valence-corrected chi connectivity index (χ4v) is 3.21. The molecule has 1 N–H and O–H groups in total. The number of halogens is 2. The third kappa shape index (κ3) is 5.49. The van der Waals surface area contributed by atoms with Crippen molar-refractivity contribution in [1.82, 2.24) is 5.32 Å². The maximum absolute atomic E-state index is 12.4. The molecule has 1 atom stereocenters. The molecule has 0 bridgehead atoms. The van der Waals surface area contributed by atoms with Crippen molar-refractivity contribution in [2.75, 3.05) is 0 Å². The molecule has 1 unspecified atom stereocenters. The quantitative estimate of drug-likeness (QED) is 0.563. The zero-order valence-electron chi connectivity index (χ0n) is 14.2. The number of thiophene rings is 1. The van der Waals surface area contributed by atoms with Crippen LogP contribution in [0.15, 0.2) is 77.5 Å². The molecule has 0 saturated carbocycles. The SMILES string of the molecule is O=C(/C=C/c1ccsc1)NC(c1ccccc1)c1ccc(OC(F)F)cc1. The molecular formula is C21H17F2NO2S. The molecule has 0 saturated heterocycles. The van der Waals surface area contributed by atoms with Crippen molar-refractivity contribution in [3.63, 3.8) is 0 Å². The maximum atomic E-state index is 12.4. The number of hydrogen-bond donors (Lipinski definition) is 1. The topological polar surface area (TPSA) is 38.3 Å². The molecule has 0 fully saturated rings. The van der Waals surface area contributed by atoms with Gasteiger partial charge in [0.25, 0.3) is 0 Å². The zero-order chi connectivity index (χ0) is 19.1. The average Bonchev–Trinajstić information content (AvgIpc) is 3.19. The van der Waals surface area contributed by atoms with Gasteiger partial charge in [-0.25, -0.2) is 0 Å². The molecule has 0 aliphatic heterocycles. The molecule has 1 aromatic heterocycles. The molecule has 3 aromatic rings. The summed E-state index contributed by atoms with van der Waals surface area (Å²) < 4.78 is 29.0. The lowest BCUT2D eigenvalue weighted by Crippen LogP contribution is -2.27. The Labute approximate surface area is 159 Å². The standard InChI is InChI=1S/C21H17F2NO2S/c22-21(23)26-18-9-7-17(8-10-18)20(16-4-2-1-3-5-16)24-19(25)11-6-15-12-13-27-14-15/h1-14,20-21H,(H,24,25)/b11-6+. The lowest BCUT2D eigenvalue weighted by molar-refractivity contribution is -0.116. The number of alkyl halides is 2. The molecule has 138 valence electrons. The van der Waals surface area contributed by atoms with E-state index in [-0.39, 0.29) is 11.7 Å². The van der Waals surface area contributed by atoms with Gasteiger partial charge in [0.2, 0.25) is 5.91 Å². The first-order valence-electron chi connectivity index (χ1n) is 8.22. The minimum absolute atomic E-state index is 0.0734. The predicted molar refractivity (Wildman–Crippen MR) is 103 cm³/mol. The molecule has 1 heterocycles. The van der Waals surface area contributed by atoms with Crippen molar-refractivity contribution in [3.05, 3.63) is 94.2 Å². The van der Waals surface area contributed by atoms with Crippen LogP contribution in [0.2, 0.25) is 0 Å². The summed E-state index contributed by atoms with van der Waals surface area (Å²) in [5.74, 6) is -0.174. The molecule has 2 aromatic carbocycles. The van der Waals surface area contributed by atoms with Crippen LogP contribution in [0.5, 0.6) is 5.75 Å². The van der Waals surface area contributed by atoms with Gasteiger partial charge in [0.1, 0.15) is 5.75 Å². The Kier molecular flexibility index (Phi) is 6.33. The first-order valence-corrected chi connectivity index (χ1v) is 9.16. The minimum Gasteiger partial charge on any atom is -0.435 e. The Balaban J connectivity index is 1.80. The van der Waals surface area contributed by atoms with E-state index in [1.54, 1.807) is 29.5 Å². The Morgan fingerprint density at radius 1 is 1.00 bits per heavy atom. The van der Waals surface area contributed by atoms with Gasteiger partial charge in [-0.2, -0.15) is 20.1 Å². The number of carbonyl (C=O) groups is 1. The summed E-state index contributed by atoms with van der Waals surface area (Å²) in [6.45, 7) is -2.87. The van der Waals surface area contributed by atoms with E-state index >= 15 is 0 Å². The normalized spacial score (nSPS) is 12.3. The number of nitrogens with one attached hydrogen (secondary N) is 1. The second kappa shape index (κ2) is 9.09. The van der Waals surface area contributed by atoms with E-state index in [0.717, 1.165) is 16.7 Å². The maximum Gasteiger partial charge on any atom is 0.387 e. The summed E-state index contributed by atoms with van der Waals surface area (Å²) in [6, 6.07) is 17.2. The number of carbonyl (C=O) groups excluding carboxylic acids is 1. The van der Waals surface area contributed by atoms with Crippen molar-refractivity contribution in [1.29, 1.82) is 0 Å². The summed E-state index contributed by atoms with van der Waals surface area (Å²) in [6.07, 6.45) is 3.22. The highest BCUT2D eigenvalue weighted by Gasteiger charge is 2.16. The van der Waals surface area contributed by atoms with Gasteiger partial charge >= 0.3 is 6.61 Å². The second-order valence-corrected chi connectivity index (χ2v) is 6.47. The van der Waals surface area contributed by atoms with Crippen molar-refractivity contribution >= 4 is 23.3 Å². The van der Waals surface area contributed by atoms with Crippen LogP contribution < -0.4 is 10.1 Å². The van der Waals surface area contributed by atoms with Gasteiger partial charge in [-0.1, -0.05) is 42.5 Å². The fourth-order valence-electron chi connectivity index (χ4n) is 2.58. The number of benzene rings is 2. The van der Waals surface area contributed by atoms with E-state index < -0.39 is 12.7 Å². The zero-order valence-corrected chi connectivity index (χ0v) is 15.0. The molecule has 0 aliphatic rings. The van der Waals surface area contributed by atoms with Crippen LogP contribution in [0, 0.1) is 0 Å². The molecule has 3 nitrogen and oxygen atoms in total. The molecule has 27 heavy (non-hydrogen) atoms. The van der Waals surface area contributed by atoms with E-state index in [1.165, 1.54) is 18.2 Å². The Morgan fingerprint density at radius 3 is 2.33 bits per heavy atom. The van der Waals surface area contributed by atoms with Crippen molar-refractivity contribution in [2.45, 2.75) is 12.7 Å². The highest BCUT2D eigenvalue weighted by Crippen LogP contribution is 2.25. The second-order valence-electron chi connectivity index (χ2n) is 5.69. The molecule has 3 rings (SSSR count). The largest absolute Gasteiger partial charge is 0.435 e. The van der Waals surface area contributed by atoms with Gasteiger partial charge in [-0.3, -0.25) is 4.79 Å². The highest BCUT2D eigenvalue weighted by molar-refractivity contribution is 7.08. The smallest absolute Gasteiger partial charge is 0.387 e. The van der Waals surface area contributed by atoms with Gasteiger partial charge in [0.05, 0.1) is 6.04 Å².